The lowest BCUT2D eigenvalue weighted by atomic mass is 10.0. The number of sulfone groups is 1. The third-order valence-electron chi connectivity index (χ3n) is 4.88. The van der Waals surface area contributed by atoms with Gasteiger partial charge in [0.25, 0.3) is 0 Å². The van der Waals surface area contributed by atoms with Gasteiger partial charge in [0, 0.05) is 38.2 Å². The monoisotopic (exact) mass is 462 g/mol. The van der Waals surface area contributed by atoms with E-state index in [1.807, 2.05) is 13.8 Å². The molecule has 3 rings (SSSR count). The molecule has 0 saturated heterocycles. The number of benzene rings is 2. The molecule has 2 aromatic carbocycles. The van der Waals surface area contributed by atoms with Crippen molar-refractivity contribution in [3.05, 3.63) is 66.7 Å². The topological polar surface area (TPSA) is 110 Å². The summed E-state index contributed by atoms with van der Waals surface area (Å²) in [7, 11) is -6.06. The van der Waals surface area contributed by atoms with Crippen LogP contribution in [0.25, 0.3) is 0 Å². The van der Waals surface area contributed by atoms with Gasteiger partial charge in [-0.15, -0.1) is 0 Å². The van der Waals surface area contributed by atoms with E-state index >= 15 is 0 Å². The van der Waals surface area contributed by atoms with Crippen molar-refractivity contribution >= 4 is 25.5 Å². The maximum Gasteiger partial charge on any atom is 0.240 e. The fourth-order valence-electron chi connectivity index (χ4n) is 3.13. The molecule has 0 saturated carbocycles. The molecule has 1 aromatic heterocycles. The van der Waals surface area contributed by atoms with Crippen molar-refractivity contribution in [3.8, 4) is 0 Å². The van der Waals surface area contributed by atoms with E-state index in [0.717, 1.165) is 5.69 Å². The van der Waals surface area contributed by atoms with Crippen molar-refractivity contribution in [2.45, 2.75) is 41.0 Å². The Morgan fingerprint density at radius 2 is 1.68 bits per heavy atom. The Bertz CT molecular complexity index is 1240. The maximum absolute atomic E-state index is 13.1. The van der Waals surface area contributed by atoms with E-state index in [1.54, 1.807) is 48.5 Å². The van der Waals surface area contributed by atoms with Gasteiger partial charge >= 0.3 is 0 Å². The maximum atomic E-state index is 13.1. The molecular weight excluding hydrogens is 436 g/mol. The normalized spacial score (nSPS) is 12.3. The highest BCUT2D eigenvalue weighted by Crippen LogP contribution is 2.29. The molecule has 31 heavy (non-hydrogen) atoms. The summed E-state index contributed by atoms with van der Waals surface area (Å²) in [5, 5.41) is 2.94. The fourth-order valence-corrected chi connectivity index (χ4v) is 5.91. The van der Waals surface area contributed by atoms with Crippen molar-refractivity contribution in [1.29, 1.82) is 0 Å². The number of aromatic nitrogens is 2. The molecule has 0 aliphatic rings. The lowest BCUT2D eigenvalue weighted by Gasteiger charge is -2.16. The molecular formula is C21H26N4O4S2. The van der Waals surface area contributed by atoms with Crippen LogP contribution in [0.15, 0.2) is 75.9 Å². The van der Waals surface area contributed by atoms with Gasteiger partial charge < -0.3 is 9.88 Å². The minimum Gasteiger partial charge on any atom is -0.388 e. The van der Waals surface area contributed by atoms with Gasteiger partial charge in [-0.3, -0.25) is 0 Å². The van der Waals surface area contributed by atoms with Crippen molar-refractivity contribution in [3.63, 3.8) is 0 Å². The van der Waals surface area contributed by atoms with Crippen LogP contribution >= 0.6 is 0 Å². The fraction of sp³-hybridized carbons (Fsp3) is 0.286. The van der Waals surface area contributed by atoms with Crippen LogP contribution in [0.4, 0.5) is 5.69 Å². The van der Waals surface area contributed by atoms with Crippen LogP contribution < -0.4 is 10.0 Å². The van der Waals surface area contributed by atoms with Gasteiger partial charge in [0.2, 0.25) is 19.9 Å². The van der Waals surface area contributed by atoms with Crippen molar-refractivity contribution in [2.75, 3.05) is 18.9 Å². The lowest BCUT2D eigenvalue weighted by molar-refractivity contribution is 0.570. The third-order valence-corrected chi connectivity index (χ3v) is 8.17. The van der Waals surface area contributed by atoms with Crippen LogP contribution in [0, 0.1) is 0 Å². The smallest absolute Gasteiger partial charge is 0.240 e. The van der Waals surface area contributed by atoms with Crippen LogP contribution in [-0.4, -0.2) is 40.0 Å². The van der Waals surface area contributed by atoms with E-state index in [4.69, 9.17) is 0 Å². The minimum atomic E-state index is -3.92. The summed E-state index contributed by atoms with van der Waals surface area (Å²) in [5.41, 5.74) is 1.33. The van der Waals surface area contributed by atoms with Crippen LogP contribution in [-0.2, 0) is 26.4 Å². The molecule has 0 radical (unpaired) electrons. The van der Waals surface area contributed by atoms with Gasteiger partial charge in [0.1, 0.15) is 0 Å². The highest BCUT2D eigenvalue weighted by atomic mass is 32.2. The van der Waals surface area contributed by atoms with Crippen LogP contribution in [0.1, 0.15) is 25.3 Å². The molecule has 1 heterocycles. The summed E-state index contributed by atoms with van der Waals surface area (Å²) in [4.78, 5) is 3.93. The zero-order valence-electron chi connectivity index (χ0n) is 17.6. The second-order valence-corrected chi connectivity index (χ2v) is 11.0. The zero-order valence-corrected chi connectivity index (χ0v) is 19.2. The number of rotatable bonds is 9. The van der Waals surface area contributed by atoms with Crippen LogP contribution in [0.5, 0.6) is 0 Å². The summed E-state index contributed by atoms with van der Waals surface area (Å²) in [5.74, 6) is -0.105. The first-order chi connectivity index (χ1) is 14.6. The van der Waals surface area contributed by atoms with Gasteiger partial charge in [-0.1, -0.05) is 19.9 Å². The average Bonchev–Trinajstić information content (AvgIpc) is 3.26. The zero-order chi connectivity index (χ0) is 22.6. The van der Waals surface area contributed by atoms with Crippen LogP contribution in [0.2, 0.25) is 0 Å². The molecule has 0 aliphatic heterocycles. The number of anilines is 1. The number of imidazole rings is 1. The third kappa shape index (κ3) is 5.15. The van der Waals surface area contributed by atoms with Crippen molar-refractivity contribution < 1.29 is 16.8 Å². The molecule has 0 unspecified atom stereocenters. The van der Waals surface area contributed by atoms with E-state index < -0.39 is 19.9 Å². The largest absolute Gasteiger partial charge is 0.388 e. The first kappa shape index (κ1) is 23.0. The van der Waals surface area contributed by atoms with Gasteiger partial charge in [-0.05, 0) is 47.9 Å². The molecule has 166 valence electrons. The molecule has 0 bridgehead atoms. The second-order valence-electron chi connectivity index (χ2n) is 7.33. The van der Waals surface area contributed by atoms with E-state index in [-0.39, 0.29) is 27.1 Å². The summed E-state index contributed by atoms with van der Waals surface area (Å²) in [6.45, 7) is 4.29. The average molecular weight is 463 g/mol. The number of nitrogens with one attached hydrogen (secondary N) is 2. The summed E-state index contributed by atoms with van der Waals surface area (Å²) < 4.78 is 56.6. The highest BCUT2D eigenvalue weighted by Gasteiger charge is 2.25. The molecule has 0 atom stereocenters. The van der Waals surface area contributed by atoms with Crippen molar-refractivity contribution in [2.24, 2.45) is 0 Å². The molecule has 3 aromatic rings. The Morgan fingerprint density at radius 1 is 1.00 bits per heavy atom. The molecule has 0 aliphatic carbocycles. The predicted octanol–water partition coefficient (Wildman–Crippen LogP) is 2.86. The molecule has 10 heteroatoms. The molecule has 8 nitrogen and oxygen atoms in total. The Balaban J connectivity index is 1.96. The van der Waals surface area contributed by atoms with Gasteiger partial charge in [0.15, 0.2) is 0 Å². The minimum absolute atomic E-state index is 0.0268. The summed E-state index contributed by atoms with van der Waals surface area (Å²) in [6, 6.07) is 10.6. The summed E-state index contributed by atoms with van der Waals surface area (Å²) in [6.07, 6.45) is 4.95. The Hall–Kier alpha value is -2.69. The van der Waals surface area contributed by atoms with Gasteiger partial charge in [-0.25, -0.2) is 26.5 Å². The predicted molar refractivity (Wildman–Crippen MR) is 119 cm³/mol. The molecule has 0 spiro atoms. The van der Waals surface area contributed by atoms with E-state index in [0.29, 0.717) is 12.1 Å². The standard InChI is InChI=1S/C21H26N4O4S2/c1-16(2)20-9-8-19(30(26,27)18-6-4-17(22-3)5-7-18)14-21(20)31(28,29)24-11-13-25-12-10-23-15-25/h4-10,12,14-16,22,24H,11,13H2,1-3H3. The SMILES string of the molecule is CNc1ccc(S(=O)(=O)c2ccc(C(C)C)c(S(=O)(=O)NCCn3ccnc3)c2)cc1. The van der Waals surface area contributed by atoms with Crippen molar-refractivity contribution in [1.82, 2.24) is 14.3 Å². The Kier molecular flexibility index (Phi) is 6.83. The number of hydrogen-bond donors (Lipinski definition) is 2. The van der Waals surface area contributed by atoms with E-state index in [1.165, 1.54) is 24.3 Å². The molecule has 2 N–H and O–H groups in total. The number of hydrogen-bond acceptors (Lipinski definition) is 6. The van der Waals surface area contributed by atoms with Gasteiger partial charge in [-0.2, -0.15) is 0 Å². The van der Waals surface area contributed by atoms with Gasteiger partial charge in [0.05, 0.1) is 21.0 Å². The molecule has 0 fully saturated rings. The number of nitrogens with zero attached hydrogens (tertiary/aromatic N) is 2. The van der Waals surface area contributed by atoms with E-state index in [2.05, 4.69) is 15.0 Å². The lowest BCUT2D eigenvalue weighted by Crippen LogP contribution is -2.28. The Labute approximate surface area is 183 Å². The first-order valence-corrected chi connectivity index (χ1v) is 12.7. The quantitative estimate of drug-likeness (QED) is 0.506. The second kappa shape index (κ2) is 9.21. The molecule has 0 amide bonds. The highest BCUT2D eigenvalue weighted by molar-refractivity contribution is 7.91. The van der Waals surface area contributed by atoms with E-state index in [9.17, 15) is 16.8 Å². The summed E-state index contributed by atoms with van der Waals surface area (Å²) >= 11 is 0. The first-order valence-electron chi connectivity index (χ1n) is 9.77. The number of sulfonamides is 1. The van der Waals surface area contributed by atoms with Crippen LogP contribution in [0.3, 0.4) is 0 Å². The Morgan fingerprint density at radius 3 is 2.26 bits per heavy atom.